The second kappa shape index (κ2) is 9.17. The third-order valence-corrected chi connectivity index (χ3v) is 6.73. The van der Waals surface area contributed by atoms with Gasteiger partial charge in [-0.2, -0.15) is 0 Å². The van der Waals surface area contributed by atoms with Gasteiger partial charge >= 0.3 is 0 Å². The van der Waals surface area contributed by atoms with Crippen LogP contribution in [0.5, 0.6) is 0 Å². The number of anilines is 3. The maximum atomic E-state index is 11.3. The van der Waals surface area contributed by atoms with Crippen LogP contribution in [0.4, 0.5) is 17.1 Å². The number of fused-ring (bicyclic) bond motifs is 2. The second-order valence-corrected chi connectivity index (χ2v) is 8.59. The maximum absolute atomic E-state index is 11.3. The van der Waals surface area contributed by atoms with E-state index in [0.717, 1.165) is 69.1 Å². The van der Waals surface area contributed by atoms with E-state index in [-0.39, 0.29) is 0 Å². The summed E-state index contributed by atoms with van der Waals surface area (Å²) in [5.74, 6) is 0. The van der Waals surface area contributed by atoms with E-state index in [4.69, 9.17) is 11.5 Å². The molecule has 7 heteroatoms. The zero-order chi connectivity index (χ0) is 20.2. The van der Waals surface area contributed by atoms with Crippen LogP contribution in [-0.4, -0.2) is 63.5 Å². The summed E-state index contributed by atoms with van der Waals surface area (Å²) in [7, 11) is 0. The summed E-state index contributed by atoms with van der Waals surface area (Å²) in [6, 6.07) is 12.7. The van der Waals surface area contributed by atoms with Gasteiger partial charge in [-0.05, 0) is 49.4 Å². The molecular formula is C22H29N5OS. The Hall–Kier alpha value is -2.06. The summed E-state index contributed by atoms with van der Waals surface area (Å²) in [4.78, 5) is 20.9. The molecule has 1 saturated heterocycles. The van der Waals surface area contributed by atoms with Gasteiger partial charge in [0.1, 0.15) is 6.29 Å². The van der Waals surface area contributed by atoms with E-state index < -0.39 is 0 Å². The van der Waals surface area contributed by atoms with Crippen LogP contribution in [0.25, 0.3) is 0 Å². The number of hydrogen-bond acceptors (Lipinski definition) is 7. The van der Waals surface area contributed by atoms with E-state index in [2.05, 4.69) is 39.0 Å². The van der Waals surface area contributed by atoms with Gasteiger partial charge in [-0.15, -0.1) is 0 Å². The first-order chi connectivity index (χ1) is 14.2. The Labute approximate surface area is 176 Å². The van der Waals surface area contributed by atoms with Crippen molar-refractivity contribution in [3.8, 4) is 0 Å². The quantitative estimate of drug-likeness (QED) is 0.678. The number of nitrogens with zero attached hydrogens (tertiary/aromatic N) is 3. The first kappa shape index (κ1) is 20.2. The number of aldehydes is 1. The number of benzene rings is 2. The fourth-order valence-corrected chi connectivity index (χ4v) is 5.24. The van der Waals surface area contributed by atoms with E-state index in [1.54, 1.807) is 11.8 Å². The molecule has 2 aliphatic heterocycles. The predicted octanol–water partition coefficient (Wildman–Crippen LogP) is 2.53. The van der Waals surface area contributed by atoms with Crippen LogP contribution in [0.15, 0.2) is 46.2 Å². The molecule has 2 aromatic rings. The molecule has 6 nitrogen and oxygen atoms in total. The summed E-state index contributed by atoms with van der Waals surface area (Å²) in [6.45, 7) is 7.36. The highest BCUT2D eigenvalue weighted by Crippen LogP contribution is 2.49. The van der Waals surface area contributed by atoms with Crippen LogP contribution in [-0.2, 0) is 0 Å². The molecule has 0 radical (unpaired) electrons. The Morgan fingerprint density at radius 1 is 0.897 bits per heavy atom. The van der Waals surface area contributed by atoms with Gasteiger partial charge < -0.3 is 21.3 Å². The molecule has 4 N–H and O–H groups in total. The van der Waals surface area contributed by atoms with E-state index in [9.17, 15) is 4.79 Å². The van der Waals surface area contributed by atoms with Crippen molar-refractivity contribution >= 4 is 35.1 Å². The molecule has 2 heterocycles. The Bertz CT molecular complexity index is 866. The minimum Gasteiger partial charge on any atom is -0.369 e. The van der Waals surface area contributed by atoms with E-state index >= 15 is 0 Å². The third kappa shape index (κ3) is 4.28. The molecule has 29 heavy (non-hydrogen) atoms. The van der Waals surface area contributed by atoms with Crippen LogP contribution >= 0.6 is 11.8 Å². The monoisotopic (exact) mass is 411 g/mol. The number of piperazine rings is 1. The van der Waals surface area contributed by atoms with Gasteiger partial charge in [0.2, 0.25) is 0 Å². The van der Waals surface area contributed by atoms with Crippen molar-refractivity contribution in [2.75, 3.05) is 62.2 Å². The van der Waals surface area contributed by atoms with Crippen molar-refractivity contribution in [2.24, 2.45) is 11.5 Å². The zero-order valence-corrected chi connectivity index (χ0v) is 17.5. The van der Waals surface area contributed by atoms with Crippen molar-refractivity contribution in [1.29, 1.82) is 0 Å². The van der Waals surface area contributed by atoms with Gasteiger partial charge in [-0.1, -0.05) is 11.8 Å². The normalized spacial score (nSPS) is 16.5. The van der Waals surface area contributed by atoms with Crippen LogP contribution in [0.2, 0.25) is 0 Å². The van der Waals surface area contributed by atoms with Gasteiger partial charge in [-0.3, -0.25) is 9.69 Å². The average molecular weight is 412 g/mol. The van der Waals surface area contributed by atoms with E-state index in [0.29, 0.717) is 12.1 Å². The molecule has 4 rings (SSSR count). The largest absolute Gasteiger partial charge is 0.369 e. The Balaban J connectivity index is 1.61. The molecule has 0 aliphatic carbocycles. The molecule has 154 valence electrons. The van der Waals surface area contributed by atoms with Gasteiger partial charge in [0.05, 0.1) is 11.4 Å². The maximum Gasteiger partial charge on any atom is 0.150 e. The average Bonchev–Trinajstić information content (AvgIpc) is 2.76. The fourth-order valence-electron chi connectivity index (χ4n) is 4.06. The van der Waals surface area contributed by atoms with Gasteiger partial charge in [0.15, 0.2) is 0 Å². The first-order valence-corrected chi connectivity index (χ1v) is 11.1. The highest BCUT2D eigenvalue weighted by Gasteiger charge is 2.25. The molecule has 0 unspecified atom stereocenters. The molecule has 0 amide bonds. The standard InChI is InChI=1S/C22H29N5OS/c23-6-1-8-27-19-4-2-17(16-28)14-21(19)29-22-15-18(3-5-20(22)27)26-12-10-25(9-7-24)11-13-26/h2-5,14-16H,1,6-13,23-24H2. The van der Waals surface area contributed by atoms with Crippen molar-refractivity contribution in [3.05, 3.63) is 42.0 Å². The number of rotatable bonds is 7. The molecule has 0 aromatic heterocycles. The summed E-state index contributed by atoms with van der Waals surface area (Å²) in [6.07, 6.45) is 1.83. The molecule has 0 atom stereocenters. The molecule has 0 spiro atoms. The molecule has 2 aliphatic rings. The van der Waals surface area contributed by atoms with Crippen molar-refractivity contribution in [2.45, 2.75) is 16.2 Å². The Morgan fingerprint density at radius 3 is 2.31 bits per heavy atom. The fraction of sp³-hybridized carbons (Fsp3) is 0.409. The van der Waals surface area contributed by atoms with Crippen molar-refractivity contribution in [1.82, 2.24) is 4.90 Å². The smallest absolute Gasteiger partial charge is 0.150 e. The SMILES string of the molecule is NCCCN1c2ccc(C=O)cc2Sc2cc(N3CCN(CCN)CC3)ccc21. The summed E-state index contributed by atoms with van der Waals surface area (Å²) in [5.41, 5.74) is 15.8. The third-order valence-electron chi connectivity index (χ3n) is 5.63. The number of carbonyl (C=O) groups excluding carboxylic acids is 1. The molecular weight excluding hydrogens is 382 g/mol. The lowest BCUT2D eigenvalue weighted by atomic mass is 10.1. The lowest BCUT2D eigenvalue weighted by Gasteiger charge is -2.37. The second-order valence-electron chi connectivity index (χ2n) is 7.51. The molecule has 0 bridgehead atoms. The first-order valence-electron chi connectivity index (χ1n) is 10.3. The van der Waals surface area contributed by atoms with Gasteiger partial charge in [0, 0.05) is 66.9 Å². The minimum atomic E-state index is 0.659. The lowest BCUT2D eigenvalue weighted by Crippen LogP contribution is -2.47. The van der Waals surface area contributed by atoms with Crippen molar-refractivity contribution < 1.29 is 4.79 Å². The Kier molecular flexibility index (Phi) is 6.40. The topological polar surface area (TPSA) is 78.8 Å². The molecule has 2 aromatic carbocycles. The molecule has 1 fully saturated rings. The number of hydrogen-bond donors (Lipinski definition) is 2. The number of carbonyl (C=O) groups is 1. The minimum absolute atomic E-state index is 0.659. The Morgan fingerprint density at radius 2 is 1.62 bits per heavy atom. The summed E-state index contributed by atoms with van der Waals surface area (Å²) < 4.78 is 0. The van der Waals surface area contributed by atoms with Crippen molar-refractivity contribution in [3.63, 3.8) is 0 Å². The van der Waals surface area contributed by atoms with Crippen LogP contribution in [0.1, 0.15) is 16.8 Å². The number of nitrogens with two attached hydrogens (primary N) is 2. The highest BCUT2D eigenvalue weighted by molar-refractivity contribution is 7.99. The van der Waals surface area contributed by atoms with Gasteiger partial charge in [0.25, 0.3) is 0 Å². The van der Waals surface area contributed by atoms with Crippen LogP contribution in [0.3, 0.4) is 0 Å². The lowest BCUT2D eigenvalue weighted by molar-refractivity contribution is 0.112. The molecule has 0 saturated carbocycles. The van der Waals surface area contributed by atoms with Crippen LogP contribution < -0.4 is 21.3 Å². The van der Waals surface area contributed by atoms with Gasteiger partial charge in [-0.25, -0.2) is 0 Å². The van der Waals surface area contributed by atoms with Crippen LogP contribution in [0, 0.1) is 0 Å². The van der Waals surface area contributed by atoms with E-state index in [1.807, 2.05) is 12.1 Å². The highest BCUT2D eigenvalue weighted by atomic mass is 32.2. The predicted molar refractivity (Wildman–Crippen MR) is 121 cm³/mol. The zero-order valence-electron chi connectivity index (χ0n) is 16.7. The summed E-state index contributed by atoms with van der Waals surface area (Å²) >= 11 is 1.75. The summed E-state index contributed by atoms with van der Waals surface area (Å²) in [5, 5.41) is 0. The van der Waals surface area contributed by atoms with E-state index in [1.165, 1.54) is 16.3 Å².